The number of amidine groups is 1. The van der Waals surface area contributed by atoms with E-state index in [1.165, 1.54) is 55.0 Å². The zero-order valence-electron chi connectivity index (χ0n) is 15.7. The van der Waals surface area contributed by atoms with Crippen molar-refractivity contribution in [2.45, 2.75) is 56.7 Å². The molecule has 1 atom stereocenters. The predicted octanol–water partition coefficient (Wildman–Crippen LogP) is 3.13. The summed E-state index contributed by atoms with van der Waals surface area (Å²) in [6.07, 6.45) is 7.56. The second-order valence-electron chi connectivity index (χ2n) is 7.78. The Morgan fingerprint density at radius 2 is 1.96 bits per heavy atom. The van der Waals surface area contributed by atoms with Gasteiger partial charge in [0.1, 0.15) is 5.25 Å². The van der Waals surface area contributed by atoms with E-state index in [1.807, 2.05) is 17.0 Å². The molecule has 1 aliphatic carbocycles. The number of nitrogens with one attached hydrogen (secondary N) is 1. The van der Waals surface area contributed by atoms with Crippen molar-refractivity contribution in [2.24, 2.45) is 10.9 Å². The quantitative estimate of drug-likeness (QED) is 0.866. The molecular weight excluding hydrogens is 358 g/mol. The summed E-state index contributed by atoms with van der Waals surface area (Å²) in [4.78, 5) is 31.5. The normalized spacial score (nSPS) is 24.7. The van der Waals surface area contributed by atoms with Crippen molar-refractivity contribution in [2.75, 3.05) is 13.1 Å². The molecule has 0 radical (unpaired) electrons. The Labute approximate surface area is 165 Å². The number of aliphatic imine (C=N–C) groups is 1. The highest BCUT2D eigenvalue weighted by atomic mass is 32.2. The van der Waals surface area contributed by atoms with Gasteiger partial charge in [-0.2, -0.15) is 0 Å². The van der Waals surface area contributed by atoms with E-state index in [1.54, 1.807) is 0 Å². The van der Waals surface area contributed by atoms with Gasteiger partial charge in [0.15, 0.2) is 5.17 Å². The van der Waals surface area contributed by atoms with Crippen LogP contribution in [0.25, 0.3) is 0 Å². The van der Waals surface area contributed by atoms with E-state index in [9.17, 15) is 9.59 Å². The topological polar surface area (TPSA) is 61.8 Å². The number of carbonyl (C=O) groups excluding carboxylic acids is 2. The van der Waals surface area contributed by atoms with Crippen LogP contribution in [0.15, 0.2) is 29.3 Å². The predicted molar refractivity (Wildman–Crippen MR) is 109 cm³/mol. The fourth-order valence-electron chi connectivity index (χ4n) is 4.19. The molecule has 1 aromatic carbocycles. The molecule has 6 heteroatoms. The van der Waals surface area contributed by atoms with E-state index < -0.39 is 0 Å². The SMILES string of the molecule is O=C1NC(=NCC2CCCCC2)SC1CC(=O)N1CCc2ccccc2C1. The molecule has 0 spiro atoms. The molecule has 4 rings (SSSR count). The van der Waals surface area contributed by atoms with E-state index in [0.717, 1.165) is 19.5 Å². The maximum atomic E-state index is 12.7. The van der Waals surface area contributed by atoms with Gasteiger partial charge in [0, 0.05) is 26.1 Å². The molecule has 3 aliphatic rings. The molecule has 2 heterocycles. The molecule has 0 bridgehead atoms. The van der Waals surface area contributed by atoms with Crippen LogP contribution in [-0.2, 0) is 22.6 Å². The fraction of sp³-hybridized carbons (Fsp3) is 0.571. The third kappa shape index (κ3) is 4.54. The first-order valence-corrected chi connectivity index (χ1v) is 10.9. The van der Waals surface area contributed by atoms with Crippen molar-refractivity contribution in [3.8, 4) is 0 Å². The van der Waals surface area contributed by atoms with Gasteiger partial charge >= 0.3 is 0 Å². The van der Waals surface area contributed by atoms with Crippen LogP contribution in [0.1, 0.15) is 49.7 Å². The largest absolute Gasteiger partial charge is 0.338 e. The van der Waals surface area contributed by atoms with Crippen molar-refractivity contribution in [3.63, 3.8) is 0 Å². The number of rotatable bonds is 4. The molecule has 0 aromatic heterocycles. The van der Waals surface area contributed by atoms with Crippen molar-refractivity contribution in [1.82, 2.24) is 10.2 Å². The Kier molecular flexibility index (Phi) is 5.81. The van der Waals surface area contributed by atoms with Gasteiger partial charge in [-0.15, -0.1) is 0 Å². The minimum atomic E-state index is -0.347. The third-order valence-electron chi connectivity index (χ3n) is 5.84. The highest BCUT2D eigenvalue weighted by molar-refractivity contribution is 8.15. The van der Waals surface area contributed by atoms with Crippen LogP contribution in [0.4, 0.5) is 0 Å². The maximum Gasteiger partial charge on any atom is 0.240 e. The van der Waals surface area contributed by atoms with Crippen molar-refractivity contribution in [3.05, 3.63) is 35.4 Å². The Balaban J connectivity index is 1.30. The molecule has 2 aliphatic heterocycles. The minimum absolute atomic E-state index is 0.0608. The van der Waals surface area contributed by atoms with Crippen LogP contribution in [0.2, 0.25) is 0 Å². The summed E-state index contributed by atoms with van der Waals surface area (Å²) in [6, 6.07) is 8.28. The number of thioether (sulfide) groups is 1. The van der Waals surface area contributed by atoms with Crippen LogP contribution < -0.4 is 5.32 Å². The zero-order chi connectivity index (χ0) is 18.6. The number of amides is 2. The molecule has 1 unspecified atom stereocenters. The van der Waals surface area contributed by atoms with Gasteiger partial charge in [0.25, 0.3) is 0 Å². The second kappa shape index (κ2) is 8.46. The molecule has 5 nitrogen and oxygen atoms in total. The average Bonchev–Trinajstić information content (AvgIpc) is 3.06. The summed E-state index contributed by atoms with van der Waals surface area (Å²) in [6.45, 7) is 2.18. The monoisotopic (exact) mass is 385 g/mol. The highest BCUT2D eigenvalue weighted by Gasteiger charge is 2.34. The third-order valence-corrected chi connectivity index (χ3v) is 6.96. The Morgan fingerprint density at radius 1 is 1.19 bits per heavy atom. The summed E-state index contributed by atoms with van der Waals surface area (Å²) in [5.74, 6) is 0.636. The first-order chi connectivity index (χ1) is 13.2. The number of carbonyl (C=O) groups is 2. The van der Waals surface area contributed by atoms with Gasteiger partial charge in [0.05, 0.1) is 0 Å². The van der Waals surface area contributed by atoms with E-state index in [2.05, 4.69) is 22.4 Å². The number of benzene rings is 1. The van der Waals surface area contributed by atoms with Gasteiger partial charge in [0.2, 0.25) is 11.8 Å². The lowest BCUT2D eigenvalue weighted by atomic mass is 9.89. The lowest BCUT2D eigenvalue weighted by molar-refractivity contribution is -0.133. The molecule has 144 valence electrons. The van der Waals surface area contributed by atoms with Gasteiger partial charge in [-0.05, 0) is 36.3 Å². The van der Waals surface area contributed by atoms with Crippen LogP contribution in [0.3, 0.4) is 0 Å². The van der Waals surface area contributed by atoms with Gasteiger partial charge in [-0.1, -0.05) is 55.3 Å². The summed E-state index contributed by atoms with van der Waals surface area (Å²) >= 11 is 1.43. The summed E-state index contributed by atoms with van der Waals surface area (Å²) in [7, 11) is 0. The Morgan fingerprint density at radius 3 is 2.78 bits per heavy atom. The number of nitrogens with zero attached hydrogens (tertiary/aromatic N) is 2. The standard InChI is InChI=1S/C21H27N3O2S/c25-19(24-11-10-16-8-4-5-9-17(16)14-24)12-18-20(26)23-21(27-18)22-13-15-6-2-1-3-7-15/h4-5,8-9,15,18H,1-3,6-7,10-14H2,(H,22,23,26). The highest BCUT2D eigenvalue weighted by Crippen LogP contribution is 2.27. The van der Waals surface area contributed by atoms with E-state index in [-0.39, 0.29) is 23.5 Å². The lowest BCUT2D eigenvalue weighted by Crippen LogP contribution is -2.38. The molecule has 27 heavy (non-hydrogen) atoms. The fourth-order valence-corrected chi connectivity index (χ4v) is 5.16. The van der Waals surface area contributed by atoms with Crippen molar-refractivity contribution < 1.29 is 9.59 Å². The molecule has 1 saturated carbocycles. The molecule has 1 saturated heterocycles. The van der Waals surface area contributed by atoms with Gasteiger partial charge in [-0.3, -0.25) is 14.6 Å². The van der Waals surface area contributed by atoms with Gasteiger partial charge < -0.3 is 10.2 Å². The zero-order valence-corrected chi connectivity index (χ0v) is 16.5. The summed E-state index contributed by atoms with van der Waals surface area (Å²) < 4.78 is 0. The average molecular weight is 386 g/mol. The maximum absolute atomic E-state index is 12.7. The Bertz CT molecular complexity index is 743. The van der Waals surface area contributed by atoms with Crippen molar-refractivity contribution in [1.29, 1.82) is 0 Å². The van der Waals surface area contributed by atoms with Crippen LogP contribution >= 0.6 is 11.8 Å². The van der Waals surface area contributed by atoms with Crippen LogP contribution in [0, 0.1) is 5.92 Å². The number of hydrogen-bond acceptors (Lipinski definition) is 4. The van der Waals surface area contributed by atoms with E-state index in [0.29, 0.717) is 17.6 Å². The number of hydrogen-bond donors (Lipinski definition) is 1. The first-order valence-electron chi connectivity index (χ1n) is 10.1. The molecule has 1 aromatic rings. The van der Waals surface area contributed by atoms with Crippen LogP contribution in [0.5, 0.6) is 0 Å². The van der Waals surface area contributed by atoms with E-state index >= 15 is 0 Å². The summed E-state index contributed by atoms with van der Waals surface area (Å²) in [5, 5.41) is 3.22. The first kappa shape index (κ1) is 18.5. The number of fused-ring (bicyclic) bond motifs is 1. The molecule has 2 amide bonds. The minimum Gasteiger partial charge on any atom is -0.338 e. The molecular formula is C21H27N3O2S. The van der Waals surface area contributed by atoms with Crippen molar-refractivity contribution >= 4 is 28.7 Å². The van der Waals surface area contributed by atoms with Crippen LogP contribution in [-0.4, -0.2) is 40.2 Å². The molecule has 1 N–H and O–H groups in total. The van der Waals surface area contributed by atoms with E-state index in [4.69, 9.17) is 0 Å². The van der Waals surface area contributed by atoms with Gasteiger partial charge in [-0.25, -0.2) is 0 Å². The Hall–Kier alpha value is -1.82. The second-order valence-corrected chi connectivity index (χ2v) is 8.98. The lowest BCUT2D eigenvalue weighted by Gasteiger charge is -2.29. The summed E-state index contributed by atoms with van der Waals surface area (Å²) in [5.41, 5.74) is 2.54. The smallest absolute Gasteiger partial charge is 0.240 e. The molecule has 2 fully saturated rings.